The van der Waals surface area contributed by atoms with E-state index in [1.54, 1.807) is 42.5 Å². The Morgan fingerprint density at radius 2 is 1.65 bits per heavy atom. The molecule has 0 radical (unpaired) electrons. The first-order valence-electron chi connectivity index (χ1n) is 11.5. The molecule has 7 nitrogen and oxygen atoms in total. The Hall–Kier alpha value is -2.88. The average Bonchev–Trinajstić information content (AvgIpc) is 2.87. The second-order valence-corrected chi connectivity index (χ2v) is 11.9. The Labute approximate surface area is 231 Å². The van der Waals surface area contributed by atoms with Crippen molar-refractivity contribution < 1.29 is 18.0 Å². The molecule has 0 fully saturated rings. The van der Waals surface area contributed by atoms with Gasteiger partial charge in [-0.3, -0.25) is 13.9 Å². The minimum atomic E-state index is -3.81. The maximum absolute atomic E-state index is 13.9. The molecule has 196 valence electrons. The number of carbonyl (C=O) groups excluding carboxylic acids is 2. The van der Waals surface area contributed by atoms with E-state index in [9.17, 15) is 18.0 Å². The number of sulfonamides is 1. The molecule has 0 aliphatic rings. The Morgan fingerprint density at radius 1 is 1.00 bits per heavy atom. The predicted octanol–water partition coefficient (Wildman–Crippen LogP) is 4.56. The third-order valence-corrected chi connectivity index (χ3v) is 8.17. The molecule has 1 atom stereocenters. The molecule has 0 spiro atoms. The first-order valence-corrected chi connectivity index (χ1v) is 14.5. The zero-order valence-corrected chi connectivity index (χ0v) is 24.0. The van der Waals surface area contributed by atoms with E-state index in [0.717, 1.165) is 31.7 Å². The monoisotopic (exact) mass is 605 g/mol. The average molecular weight is 607 g/mol. The summed E-state index contributed by atoms with van der Waals surface area (Å²) >= 11 is 9.47. The van der Waals surface area contributed by atoms with Gasteiger partial charge in [0.2, 0.25) is 21.8 Å². The van der Waals surface area contributed by atoms with Crippen LogP contribution < -0.4 is 9.62 Å². The predicted molar refractivity (Wildman–Crippen MR) is 151 cm³/mol. The van der Waals surface area contributed by atoms with Crippen LogP contribution in [-0.4, -0.2) is 51.0 Å². The molecule has 0 aromatic heterocycles. The maximum atomic E-state index is 13.9. The van der Waals surface area contributed by atoms with Crippen molar-refractivity contribution in [3.8, 4) is 0 Å². The van der Waals surface area contributed by atoms with Crippen molar-refractivity contribution >= 4 is 55.1 Å². The Kier molecular flexibility index (Phi) is 9.75. The molecule has 0 aliphatic heterocycles. The van der Waals surface area contributed by atoms with Crippen molar-refractivity contribution in [2.45, 2.75) is 25.9 Å². The van der Waals surface area contributed by atoms with Crippen molar-refractivity contribution in [3.63, 3.8) is 0 Å². The quantitative estimate of drug-likeness (QED) is 0.367. The van der Waals surface area contributed by atoms with Crippen LogP contribution in [0.5, 0.6) is 0 Å². The van der Waals surface area contributed by atoms with Gasteiger partial charge in [-0.25, -0.2) is 8.42 Å². The Balaban J connectivity index is 2.03. The highest BCUT2D eigenvalue weighted by atomic mass is 79.9. The lowest BCUT2D eigenvalue weighted by Gasteiger charge is -2.33. The molecule has 3 aromatic carbocycles. The van der Waals surface area contributed by atoms with Crippen LogP contribution in [-0.2, 0) is 32.6 Å². The Bertz CT molecular complexity index is 1350. The van der Waals surface area contributed by atoms with Crippen LogP contribution >= 0.6 is 27.5 Å². The number of carbonyl (C=O) groups is 2. The zero-order chi connectivity index (χ0) is 27.2. The SMILES string of the molecule is CNC(=O)[C@H](Cc1ccccc1)N(Cc1ccc(Cl)cc1)C(=O)CN(c1ccc(Br)c(C)c1)S(C)(=O)=O. The van der Waals surface area contributed by atoms with Gasteiger partial charge in [0.05, 0.1) is 11.9 Å². The third-order valence-electron chi connectivity index (χ3n) is 5.89. The number of amides is 2. The fourth-order valence-corrected chi connectivity index (χ4v) is 5.12. The summed E-state index contributed by atoms with van der Waals surface area (Å²) in [5, 5.41) is 3.20. The van der Waals surface area contributed by atoms with Gasteiger partial charge in [0, 0.05) is 29.5 Å². The fourth-order valence-electron chi connectivity index (χ4n) is 3.90. The molecule has 0 unspecified atom stereocenters. The molecule has 37 heavy (non-hydrogen) atoms. The maximum Gasteiger partial charge on any atom is 0.244 e. The summed E-state index contributed by atoms with van der Waals surface area (Å²) in [5.74, 6) is -0.859. The van der Waals surface area contributed by atoms with E-state index >= 15 is 0 Å². The van der Waals surface area contributed by atoms with Crippen molar-refractivity contribution in [3.05, 3.63) is 99.0 Å². The lowest BCUT2D eigenvalue weighted by atomic mass is 10.0. The smallest absolute Gasteiger partial charge is 0.244 e. The summed E-state index contributed by atoms with van der Waals surface area (Å²) in [5.41, 5.74) is 2.81. The van der Waals surface area contributed by atoms with Crippen LogP contribution in [0.15, 0.2) is 77.3 Å². The minimum absolute atomic E-state index is 0.0951. The molecule has 0 aliphatic carbocycles. The van der Waals surface area contributed by atoms with Crippen LogP contribution in [0.2, 0.25) is 5.02 Å². The van der Waals surface area contributed by atoms with Gasteiger partial charge in [-0.1, -0.05) is 70.0 Å². The largest absolute Gasteiger partial charge is 0.357 e. The molecule has 0 bridgehead atoms. The highest BCUT2D eigenvalue weighted by molar-refractivity contribution is 9.10. The van der Waals surface area contributed by atoms with Gasteiger partial charge in [-0.15, -0.1) is 0 Å². The molecule has 0 saturated heterocycles. The highest BCUT2D eigenvalue weighted by Crippen LogP contribution is 2.25. The van der Waals surface area contributed by atoms with Gasteiger partial charge in [-0.05, 0) is 53.9 Å². The lowest BCUT2D eigenvalue weighted by Crippen LogP contribution is -2.52. The Morgan fingerprint density at radius 3 is 2.22 bits per heavy atom. The van der Waals surface area contributed by atoms with Gasteiger partial charge >= 0.3 is 0 Å². The summed E-state index contributed by atoms with van der Waals surface area (Å²) in [7, 11) is -2.30. The molecule has 0 saturated carbocycles. The summed E-state index contributed by atoms with van der Waals surface area (Å²) < 4.78 is 27.4. The first kappa shape index (κ1) is 28.7. The van der Waals surface area contributed by atoms with E-state index in [2.05, 4.69) is 21.2 Å². The number of benzene rings is 3. The zero-order valence-electron chi connectivity index (χ0n) is 20.8. The summed E-state index contributed by atoms with van der Waals surface area (Å²) in [6, 6.07) is 20.5. The van der Waals surface area contributed by atoms with Crippen LogP contribution in [0.3, 0.4) is 0 Å². The molecule has 3 rings (SSSR count). The molecule has 10 heteroatoms. The molecule has 1 N–H and O–H groups in total. The van der Waals surface area contributed by atoms with E-state index in [4.69, 9.17) is 11.6 Å². The van der Waals surface area contributed by atoms with E-state index < -0.39 is 28.5 Å². The number of rotatable bonds is 10. The second-order valence-electron chi connectivity index (χ2n) is 8.67. The first-order chi connectivity index (χ1) is 17.5. The molecule has 0 heterocycles. The topological polar surface area (TPSA) is 86.8 Å². The molecular weight excluding hydrogens is 578 g/mol. The van der Waals surface area contributed by atoms with Crippen LogP contribution in [0.4, 0.5) is 5.69 Å². The summed E-state index contributed by atoms with van der Waals surface area (Å²) in [6.07, 6.45) is 1.32. The van der Waals surface area contributed by atoms with Gasteiger partial charge < -0.3 is 10.2 Å². The van der Waals surface area contributed by atoms with Gasteiger partial charge in [0.15, 0.2) is 0 Å². The fraction of sp³-hybridized carbons (Fsp3) is 0.259. The van der Waals surface area contributed by atoms with Crippen LogP contribution in [0.25, 0.3) is 0 Å². The molecule has 2 amide bonds. The molecule has 3 aromatic rings. The summed E-state index contributed by atoms with van der Waals surface area (Å²) in [4.78, 5) is 28.4. The number of nitrogens with one attached hydrogen (secondary N) is 1. The minimum Gasteiger partial charge on any atom is -0.357 e. The summed E-state index contributed by atoms with van der Waals surface area (Å²) in [6.45, 7) is 1.47. The van der Waals surface area contributed by atoms with Crippen LogP contribution in [0, 0.1) is 6.92 Å². The lowest BCUT2D eigenvalue weighted by molar-refractivity contribution is -0.139. The van der Waals surface area contributed by atoms with E-state index in [-0.39, 0.29) is 18.9 Å². The van der Waals surface area contributed by atoms with Crippen molar-refractivity contribution in [2.24, 2.45) is 0 Å². The third kappa shape index (κ3) is 7.80. The van der Waals surface area contributed by atoms with E-state index in [1.807, 2.05) is 37.3 Å². The normalized spacial score (nSPS) is 12.0. The van der Waals surface area contributed by atoms with Gasteiger partial charge in [-0.2, -0.15) is 0 Å². The van der Waals surface area contributed by atoms with Crippen molar-refractivity contribution in [1.82, 2.24) is 10.2 Å². The second kappa shape index (κ2) is 12.6. The number of hydrogen-bond donors (Lipinski definition) is 1. The highest BCUT2D eigenvalue weighted by Gasteiger charge is 2.32. The van der Waals surface area contributed by atoms with E-state index in [1.165, 1.54) is 11.9 Å². The van der Waals surface area contributed by atoms with E-state index in [0.29, 0.717) is 10.7 Å². The number of nitrogens with zero attached hydrogens (tertiary/aromatic N) is 2. The van der Waals surface area contributed by atoms with Gasteiger partial charge in [0.1, 0.15) is 12.6 Å². The number of hydrogen-bond acceptors (Lipinski definition) is 4. The molecular formula is C27H29BrClN3O4S. The number of anilines is 1. The van der Waals surface area contributed by atoms with Gasteiger partial charge in [0.25, 0.3) is 0 Å². The number of halogens is 2. The number of likely N-dealkylation sites (N-methyl/N-ethyl adjacent to an activating group) is 1. The van der Waals surface area contributed by atoms with Crippen molar-refractivity contribution in [2.75, 3.05) is 24.2 Å². The van der Waals surface area contributed by atoms with Crippen molar-refractivity contribution in [1.29, 1.82) is 0 Å². The standard InChI is InChI=1S/C27H29BrClN3O4S/c1-19-15-23(13-14-24(19)28)32(37(3,35)36)18-26(33)31(17-21-9-11-22(29)12-10-21)25(27(34)30-2)16-20-7-5-4-6-8-20/h4-15,25H,16-18H2,1-3H3,(H,30,34)/t25-/m0/s1. The number of aryl methyl sites for hydroxylation is 1. The van der Waals surface area contributed by atoms with Crippen LogP contribution in [0.1, 0.15) is 16.7 Å².